The first-order chi connectivity index (χ1) is 16.5. The van der Waals surface area contributed by atoms with Crippen LogP contribution in [-0.2, 0) is 6.54 Å². The highest BCUT2D eigenvalue weighted by Gasteiger charge is 2.20. The van der Waals surface area contributed by atoms with Gasteiger partial charge in [0, 0.05) is 30.6 Å². The molecule has 0 spiro atoms. The summed E-state index contributed by atoms with van der Waals surface area (Å²) in [6.45, 7) is 4.14. The number of carbonyl (C=O) groups is 1. The van der Waals surface area contributed by atoms with E-state index >= 15 is 0 Å². The fourth-order valence-electron chi connectivity index (χ4n) is 4.13. The summed E-state index contributed by atoms with van der Waals surface area (Å²) in [6, 6.07) is 15.9. The number of nitrogens with zero attached hydrogens (tertiary/aromatic N) is 2. The number of anilines is 1. The van der Waals surface area contributed by atoms with Crippen LogP contribution in [0, 0.1) is 6.92 Å². The number of aliphatic hydroxyl groups excluding tert-OH is 1. The zero-order valence-corrected chi connectivity index (χ0v) is 19.6. The second-order valence-electron chi connectivity index (χ2n) is 8.49. The van der Waals surface area contributed by atoms with E-state index < -0.39 is 6.09 Å². The Bertz CT molecular complexity index is 1340. The quantitative estimate of drug-likeness (QED) is 0.354. The predicted molar refractivity (Wildman–Crippen MR) is 136 cm³/mol. The van der Waals surface area contributed by atoms with E-state index in [0.717, 1.165) is 46.3 Å². The Morgan fingerprint density at radius 2 is 2.18 bits per heavy atom. The molecule has 1 aliphatic heterocycles. The van der Waals surface area contributed by atoms with Gasteiger partial charge >= 0.3 is 6.09 Å². The zero-order valence-electron chi connectivity index (χ0n) is 18.8. The van der Waals surface area contributed by atoms with E-state index in [9.17, 15) is 9.90 Å². The molecule has 0 unspecified atom stereocenters. The van der Waals surface area contributed by atoms with Crippen molar-refractivity contribution in [1.29, 1.82) is 0 Å². The van der Waals surface area contributed by atoms with E-state index in [2.05, 4.69) is 20.4 Å². The molecule has 3 N–H and O–H groups in total. The lowest BCUT2D eigenvalue weighted by atomic mass is 10.1. The number of nitrogens with one attached hydrogen (secondary N) is 2. The van der Waals surface area contributed by atoms with Gasteiger partial charge in [-0.15, -0.1) is 11.3 Å². The van der Waals surface area contributed by atoms with Gasteiger partial charge in [-0.1, -0.05) is 36.4 Å². The summed E-state index contributed by atoms with van der Waals surface area (Å²) in [5, 5.41) is 23.7. The van der Waals surface area contributed by atoms with Crippen LogP contribution in [0.4, 0.5) is 10.5 Å². The average molecular weight is 475 g/mol. The predicted octanol–water partition coefficient (Wildman–Crippen LogP) is 5.28. The number of para-hydroxylation sites is 1. The number of fused-ring (bicyclic) bond motifs is 1. The Kier molecular flexibility index (Phi) is 6.44. The van der Waals surface area contributed by atoms with Crippen LogP contribution in [0.3, 0.4) is 0 Å². The Morgan fingerprint density at radius 3 is 2.97 bits per heavy atom. The number of hydrogen-bond acceptors (Lipinski definition) is 6. The van der Waals surface area contributed by atoms with E-state index in [4.69, 9.17) is 4.74 Å². The maximum absolute atomic E-state index is 12.7. The van der Waals surface area contributed by atoms with Crippen molar-refractivity contribution in [1.82, 2.24) is 15.1 Å². The van der Waals surface area contributed by atoms with Gasteiger partial charge in [0.1, 0.15) is 0 Å². The van der Waals surface area contributed by atoms with Crippen molar-refractivity contribution >= 4 is 46.2 Å². The third-order valence-corrected chi connectivity index (χ3v) is 6.82. The van der Waals surface area contributed by atoms with Gasteiger partial charge in [-0.05, 0) is 54.1 Å². The summed E-state index contributed by atoms with van der Waals surface area (Å²) < 4.78 is 5.52. The van der Waals surface area contributed by atoms with E-state index in [-0.39, 0.29) is 6.10 Å². The van der Waals surface area contributed by atoms with Crippen molar-refractivity contribution in [3.63, 3.8) is 0 Å². The molecule has 0 bridgehead atoms. The van der Waals surface area contributed by atoms with Crippen LogP contribution in [0.1, 0.15) is 28.8 Å². The normalized spacial score (nSPS) is 16.5. The number of H-pyrrole nitrogens is 1. The van der Waals surface area contributed by atoms with Crippen molar-refractivity contribution in [2.24, 2.45) is 0 Å². The standard InChI is InChI=1S/C26H26N4O3S/c1-17-11-13-34-25(17)33-26(32)27-24-14-18(15-30-12-10-20(31)16-30)6-7-19(24)8-9-23-21-4-2-3-5-22(21)28-29-23/h2-9,11,13-14,20,31H,10,12,15-16H2,1H3,(H,27,32)(H,28,29)/b9-8+/t20-/m1/s1. The number of amides is 1. The van der Waals surface area contributed by atoms with E-state index in [1.165, 1.54) is 11.3 Å². The van der Waals surface area contributed by atoms with Gasteiger partial charge in [-0.3, -0.25) is 15.3 Å². The Morgan fingerprint density at radius 1 is 1.29 bits per heavy atom. The van der Waals surface area contributed by atoms with Crippen molar-refractivity contribution in [3.8, 4) is 5.06 Å². The summed E-state index contributed by atoms with van der Waals surface area (Å²) >= 11 is 1.39. The largest absolute Gasteiger partial charge is 0.417 e. The van der Waals surface area contributed by atoms with Crippen LogP contribution in [0.2, 0.25) is 0 Å². The third-order valence-electron chi connectivity index (χ3n) is 5.93. The van der Waals surface area contributed by atoms with Crippen LogP contribution in [-0.4, -0.2) is 45.5 Å². The average Bonchev–Trinajstić information content (AvgIpc) is 3.54. The number of carbonyl (C=O) groups excluding carboxylic acids is 1. The number of likely N-dealkylation sites (tertiary alicyclic amines) is 1. The van der Waals surface area contributed by atoms with Crippen LogP contribution in [0.5, 0.6) is 5.06 Å². The minimum atomic E-state index is -0.529. The summed E-state index contributed by atoms with van der Waals surface area (Å²) in [7, 11) is 0. The number of hydrogen-bond donors (Lipinski definition) is 3. The second kappa shape index (κ2) is 9.80. The lowest BCUT2D eigenvalue weighted by molar-refractivity contribution is 0.175. The molecule has 1 fully saturated rings. The van der Waals surface area contributed by atoms with Crippen LogP contribution in [0.25, 0.3) is 23.1 Å². The van der Waals surface area contributed by atoms with Crippen LogP contribution >= 0.6 is 11.3 Å². The molecule has 8 heteroatoms. The first kappa shape index (κ1) is 22.3. The van der Waals surface area contributed by atoms with Crippen molar-refractivity contribution in [2.75, 3.05) is 18.4 Å². The van der Waals surface area contributed by atoms with Crippen LogP contribution < -0.4 is 10.1 Å². The number of aromatic amines is 1. The summed E-state index contributed by atoms with van der Waals surface area (Å²) in [5.74, 6) is 0. The fourth-order valence-corrected chi connectivity index (χ4v) is 4.91. The van der Waals surface area contributed by atoms with Gasteiger partial charge in [0.25, 0.3) is 0 Å². The van der Waals surface area contributed by atoms with E-state index in [1.54, 1.807) is 0 Å². The molecular formula is C26H26N4O3S. The Hall–Kier alpha value is -3.46. The molecule has 34 heavy (non-hydrogen) atoms. The minimum absolute atomic E-state index is 0.271. The van der Waals surface area contributed by atoms with Crippen molar-refractivity contribution in [3.05, 3.63) is 76.3 Å². The van der Waals surface area contributed by atoms with Gasteiger partial charge in [0.05, 0.1) is 23.0 Å². The number of aryl methyl sites for hydroxylation is 1. The monoisotopic (exact) mass is 474 g/mol. The third kappa shape index (κ3) is 5.04. The number of aromatic nitrogens is 2. The molecule has 1 aliphatic rings. The summed E-state index contributed by atoms with van der Waals surface area (Å²) in [4.78, 5) is 14.9. The molecule has 2 aromatic heterocycles. The van der Waals surface area contributed by atoms with Gasteiger partial charge in [-0.25, -0.2) is 4.79 Å². The second-order valence-corrected chi connectivity index (χ2v) is 9.37. The lowest BCUT2D eigenvalue weighted by Crippen LogP contribution is -2.22. The molecule has 2 aromatic carbocycles. The molecule has 174 valence electrons. The zero-order chi connectivity index (χ0) is 23.5. The molecule has 1 amide bonds. The number of benzene rings is 2. The highest BCUT2D eigenvalue weighted by Crippen LogP contribution is 2.27. The summed E-state index contributed by atoms with van der Waals surface area (Å²) in [5.41, 5.74) is 5.28. The molecular weight excluding hydrogens is 448 g/mol. The molecule has 7 nitrogen and oxygen atoms in total. The maximum atomic E-state index is 12.7. The highest BCUT2D eigenvalue weighted by molar-refractivity contribution is 7.12. The molecule has 0 saturated carbocycles. The number of rotatable bonds is 6. The molecule has 1 saturated heterocycles. The first-order valence-electron chi connectivity index (χ1n) is 11.2. The SMILES string of the molecule is Cc1ccsc1OC(=O)Nc1cc(CN2CC[C@@H](O)C2)ccc1/C=C/c1n[nH]c2ccccc12. The Balaban J connectivity index is 1.40. The van der Waals surface area contributed by atoms with E-state index in [1.807, 2.05) is 73.0 Å². The molecule has 0 radical (unpaired) electrons. The number of aliphatic hydroxyl groups is 1. The van der Waals surface area contributed by atoms with Crippen molar-refractivity contribution in [2.45, 2.75) is 26.0 Å². The topological polar surface area (TPSA) is 90.5 Å². The molecule has 0 aliphatic carbocycles. The van der Waals surface area contributed by atoms with Crippen LogP contribution in [0.15, 0.2) is 53.9 Å². The molecule has 1 atom stereocenters. The molecule has 5 rings (SSSR count). The fraction of sp³-hybridized carbons (Fsp3) is 0.231. The Labute approximate surface area is 201 Å². The first-order valence-corrected chi connectivity index (χ1v) is 12.1. The lowest BCUT2D eigenvalue weighted by Gasteiger charge is -2.17. The van der Waals surface area contributed by atoms with Gasteiger partial charge in [0.2, 0.25) is 0 Å². The number of thiophene rings is 1. The minimum Gasteiger partial charge on any atom is -0.399 e. The summed E-state index contributed by atoms with van der Waals surface area (Å²) in [6.07, 6.45) is 3.87. The number of ether oxygens (including phenoxy) is 1. The molecule has 4 aromatic rings. The maximum Gasteiger partial charge on any atom is 0.417 e. The van der Waals surface area contributed by atoms with Gasteiger partial charge in [0.15, 0.2) is 5.06 Å². The number of β-amino-alcohol motifs (C(OH)–C–C–N with tert-alkyl or cyclic N) is 1. The highest BCUT2D eigenvalue weighted by atomic mass is 32.1. The van der Waals surface area contributed by atoms with E-state index in [0.29, 0.717) is 23.8 Å². The molecule has 3 heterocycles. The van der Waals surface area contributed by atoms with Gasteiger partial charge < -0.3 is 9.84 Å². The smallest absolute Gasteiger partial charge is 0.399 e. The van der Waals surface area contributed by atoms with Gasteiger partial charge in [-0.2, -0.15) is 5.10 Å². The van der Waals surface area contributed by atoms with Crippen molar-refractivity contribution < 1.29 is 14.6 Å².